The maximum Gasteiger partial charge on any atom is 0.277 e. The molecule has 0 saturated heterocycles. The highest BCUT2D eigenvalue weighted by atomic mass is 35.5. The van der Waals surface area contributed by atoms with Gasteiger partial charge in [0, 0.05) is 35.5 Å². The Hall–Kier alpha value is -4.83. The molecule has 2 N–H and O–H groups in total. The smallest absolute Gasteiger partial charge is 0.277 e. The highest BCUT2D eigenvalue weighted by Crippen LogP contribution is 2.32. The number of carbonyl (C=O) groups excluding carboxylic acids is 1. The zero-order valence-electron chi connectivity index (χ0n) is 19.2. The third-order valence-electron chi connectivity index (χ3n) is 5.92. The van der Waals surface area contributed by atoms with Crippen molar-refractivity contribution in [1.29, 1.82) is 0 Å². The first kappa shape index (κ1) is 23.9. The molecule has 0 bridgehead atoms. The third kappa shape index (κ3) is 5.09. The van der Waals surface area contributed by atoms with Crippen LogP contribution < -0.4 is 10.9 Å². The summed E-state index contributed by atoms with van der Waals surface area (Å²) in [4.78, 5) is 37.7. The maximum absolute atomic E-state index is 13.5. The molecule has 1 atom stereocenters. The standard InChI is InChI=1S/C26H19ClN6O4/c27-18-6-9-23(33(36)37)20(14-18)17-10-11-32(25(34)13-17)24(12-16-4-2-1-3-5-16)26(35)28-19-7-8-21-22(15-19)30-31-29-21/h1-11,13-15,24H,12H2,(H,28,35)(H,29,30,31). The molecule has 5 aromatic rings. The number of aromatic nitrogens is 4. The number of amides is 1. The van der Waals surface area contributed by atoms with Crippen molar-refractivity contribution in [3.63, 3.8) is 0 Å². The number of halogens is 1. The number of rotatable bonds is 7. The van der Waals surface area contributed by atoms with E-state index in [2.05, 4.69) is 20.7 Å². The van der Waals surface area contributed by atoms with E-state index >= 15 is 0 Å². The molecule has 37 heavy (non-hydrogen) atoms. The van der Waals surface area contributed by atoms with Crippen LogP contribution in [0.1, 0.15) is 11.6 Å². The normalized spacial score (nSPS) is 11.8. The summed E-state index contributed by atoms with van der Waals surface area (Å²) >= 11 is 6.06. The van der Waals surface area contributed by atoms with Crippen LogP contribution >= 0.6 is 11.6 Å². The number of pyridine rings is 1. The van der Waals surface area contributed by atoms with Crippen LogP contribution in [0.3, 0.4) is 0 Å². The maximum atomic E-state index is 13.5. The monoisotopic (exact) mass is 514 g/mol. The summed E-state index contributed by atoms with van der Waals surface area (Å²) in [6.07, 6.45) is 1.71. The first-order chi connectivity index (χ1) is 17.9. The van der Waals surface area contributed by atoms with Crippen LogP contribution in [-0.2, 0) is 11.2 Å². The lowest BCUT2D eigenvalue weighted by molar-refractivity contribution is -0.384. The van der Waals surface area contributed by atoms with Gasteiger partial charge in [-0.3, -0.25) is 24.8 Å². The molecule has 0 aliphatic rings. The highest BCUT2D eigenvalue weighted by molar-refractivity contribution is 6.31. The molecule has 0 fully saturated rings. The molecular formula is C26H19ClN6O4. The zero-order chi connectivity index (χ0) is 25.9. The minimum absolute atomic E-state index is 0.177. The molecule has 0 aliphatic heterocycles. The largest absolute Gasteiger partial charge is 0.324 e. The molecule has 1 amide bonds. The SMILES string of the molecule is O=C(Nc1ccc2[nH]nnc2c1)C(Cc1ccccc1)n1ccc(-c2cc(Cl)ccc2[N+](=O)[O-])cc1=O. The number of fused-ring (bicyclic) bond motifs is 1. The summed E-state index contributed by atoms with van der Waals surface area (Å²) in [6.45, 7) is 0. The number of anilines is 1. The van der Waals surface area contributed by atoms with Gasteiger partial charge in [0.15, 0.2) is 0 Å². The summed E-state index contributed by atoms with van der Waals surface area (Å²) in [5, 5.41) is 25.1. The second-order valence-corrected chi connectivity index (χ2v) is 8.75. The fraction of sp³-hybridized carbons (Fsp3) is 0.0769. The zero-order valence-corrected chi connectivity index (χ0v) is 19.9. The van der Waals surface area contributed by atoms with Crippen molar-refractivity contribution in [2.24, 2.45) is 0 Å². The Bertz CT molecular complexity index is 1680. The van der Waals surface area contributed by atoms with E-state index in [9.17, 15) is 19.7 Å². The second-order valence-electron chi connectivity index (χ2n) is 8.32. The minimum atomic E-state index is -0.897. The molecular weight excluding hydrogens is 496 g/mol. The van der Waals surface area contributed by atoms with Crippen LogP contribution in [0.25, 0.3) is 22.2 Å². The van der Waals surface area contributed by atoms with E-state index < -0.39 is 22.4 Å². The van der Waals surface area contributed by atoms with Gasteiger partial charge in [-0.25, -0.2) is 0 Å². The summed E-state index contributed by atoms with van der Waals surface area (Å²) in [6, 6.07) is 20.5. The van der Waals surface area contributed by atoms with Gasteiger partial charge in [-0.1, -0.05) is 47.1 Å². The minimum Gasteiger partial charge on any atom is -0.324 e. The van der Waals surface area contributed by atoms with Gasteiger partial charge in [0.05, 0.1) is 16.0 Å². The fourth-order valence-electron chi connectivity index (χ4n) is 4.11. The molecule has 5 rings (SSSR count). The number of nitrogens with zero attached hydrogens (tertiary/aromatic N) is 4. The number of hydrogen-bond donors (Lipinski definition) is 2. The van der Waals surface area contributed by atoms with Crippen molar-refractivity contribution >= 4 is 39.9 Å². The number of nitro benzene ring substituents is 1. The third-order valence-corrected chi connectivity index (χ3v) is 6.15. The van der Waals surface area contributed by atoms with Gasteiger partial charge < -0.3 is 9.88 Å². The molecule has 0 spiro atoms. The Balaban J connectivity index is 1.52. The predicted octanol–water partition coefficient (Wildman–Crippen LogP) is 4.77. The van der Waals surface area contributed by atoms with Crippen molar-refractivity contribution < 1.29 is 9.72 Å². The average Bonchev–Trinajstić information content (AvgIpc) is 3.36. The quantitative estimate of drug-likeness (QED) is 0.237. The molecule has 0 radical (unpaired) electrons. The summed E-state index contributed by atoms with van der Waals surface area (Å²) in [7, 11) is 0. The Morgan fingerprint density at radius 1 is 1.08 bits per heavy atom. The van der Waals surface area contributed by atoms with E-state index in [1.807, 2.05) is 30.3 Å². The molecule has 2 aromatic heterocycles. The number of hydrogen-bond acceptors (Lipinski definition) is 6. The van der Waals surface area contributed by atoms with Crippen LogP contribution in [-0.4, -0.2) is 30.8 Å². The van der Waals surface area contributed by atoms with Gasteiger partial charge in [-0.05, 0) is 47.5 Å². The first-order valence-electron chi connectivity index (χ1n) is 11.2. The predicted molar refractivity (Wildman–Crippen MR) is 140 cm³/mol. The highest BCUT2D eigenvalue weighted by Gasteiger charge is 2.24. The van der Waals surface area contributed by atoms with Gasteiger partial charge in [0.2, 0.25) is 5.91 Å². The van der Waals surface area contributed by atoms with E-state index in [1.165, 1.54) is 35.0 Å². The molecule has 184 valence electrons. The Kier molecular flexibility index (Phi) is 6.48. The van der Waals surface area contributed by atoms with Crippen molar-refractivity contribution in [2.75, 3.05) is 5.32 Å². The lowest BCUT2D eigenvalue weighted by Gasteiger charge is -2.20. The summed E-state index contributed by atoms with van der Waals surface area (Å²) in [5.74, 6) is -0.407. The topological polar surface area (TPSA) is 136 Å². The molecule has 2 heterocycles. The van der Waals surface area contributed by atoms with E-state index in [4.69, 9.17) is 11.6 Å². The van der Waals surface area contributed by atoms with E-state index in [1.54, 1.807) is 24.3 Å². The fourth-order valence-corrected chi connectivity index (χ4v) is 4.29. The average molecular weight is 515 g/mol. The number of aromatic amines is 1. The number of benzene rings is 3. The molecule has 10 nitrogen and oxygen atoms in total. The Morgan fingerprint density at radius 2 is 1.89 bits per heavy atom. The van der Waals surface area contributed by atoms with Crippen LogP contribution in [0.5, 0.6) is 0 Å². The molecule has 0 saturated carbocycles. The molecule has 3 aromatic carbocycles. The summed E-state index contributed by atoms with van der Waals surface area (Å²) < 4.78 is 1.32. The second kappa shape index (κ2) is 10.0. The lowest BCUT2D eigenvalue weighted by atomic mass is 10.0. The van der Waals surface area contributed by atoms with Gasteiger partial charge >= 0.3 is 0 Å². The van der Waals surface area contributed by atoms with E-state index in [0.29, 0.717) is 21.8 Å². The van der Waals surface area contributed by atoms with Crippen molar-refractivity contribution in [2.45, 2.75) is 12.5 Å². The first-order valence-corrected chi connectivity index (χ1v) is 11.6. The van der Waals surface area contributed by atoms with Crippen molar-refractivity contribution in [1.82, 2.24) is 20.0 Å². The Labute approximate surface area is 214 Å². The number of H-pyrrole nitrogens is 1. The molecule has 0 aliphatic carbocycles. The van der Waals surface area contributed by atoms with Crippen LogP contribution in [0.4, 0.5) is 11.4 Å². The van der Waals surface area contributed by atoms with E-state index in [-0.39, 0.29) is 17.7 Å². The molecule has 1 unspecified atom stereocenters. The van der Waals surface area contributed by atoms with Gasteiger partial charge in [-0.15, -0.1) is 5.10 Å². The lowest BCUT2D eigenvalue weighted by Crippen LogP contribution is -2.34. The van der Waals surface area contributed by atoms with Crippen LogP contribution in [0.15, 0.2) is 89.9 Å². The molecule has 11 heteroatoms. The Morgan fingerprint density at radius 3 is 2.65 bits per heavy atom. The van der Waals surface area contributed by atoms with E-state index in [0.717, 1.165) is 11.1 Å². The summed E-state index contributed by atoms with van der Waals surface area (Å²) in [5.41, 5.74) is 2.54. The number of nitro groups is 1. The van der Waals surface area contributed by atoms with Gasteiger partial charge in [-0.2, -0.15) is 0 Å². The number of carbonyl (C=O) groups is 1. The van der Waals surface area contributed by atoms with Crippen molar-refractivity contribution in [3.8, 4) is 11.1 Å². The number of nitrogens with one attached hydrogen (secondary N) is 2. The van der Waals surface area contributed by atoms with Gasteiger partial charge in [0.1, 0.15) is 11.6 Å². The van der Waals surface area contributed by atoms with Crippen molar-refractivity contribution in [3.05, 3.63) is 116 Å². The van der Waals surface area contributed by atoms with Crippen LogP contribution in [0.2, 0.25) is 5.02 Å². The van der Waals surface area contributed by atoms with Gasteiger partial charge in [0.25, 0.3) is 11.2 Å². The van der Waals surface area contributed by atoms with Crippen LogP contribution in [0, 0.1) is 10.1 Å².